The molecule has 0 unspecified atom stereocenters. The second-order valence-electron chi connectivity index (χ2n) is 2.70. The van der Waals surface area contributed by atoms with Gasteiger partial charge in [-0.3, -0.25) is 4.98 Å². The van der Waals surface area contributed by atoms with Crippen molar-refractivity contribution in [3.8, 4) is 0 Å². The molecule has 5 heteroatoms. The second kappa shape index (κ2) is 3.90. The highest BCUT2D eigenvalue weighted by atomic mass is 127. The summed E-state index contributed by atoms with van der Waals surface area (Å²) < 4.78 is 14.5. The molecule has 0 atom stereocenters. The zero-order valence-corrected chi connectivity index (χ0v) is 11.2. The lowest BCUT2D eigenvalue weighted by Crippen LogP contribution is -1.87. The van der Waals surface area contributed by atoms with Crippen LogP contribution >= 0.6 is 50.1 Å². The third-order valence-corrected chi connectivity index (χ3v) is 3.84. The van der Waals surface area contributed by atoms with Gasteiger partial charge < -0.3 is 0 Å². The van der Waals surface area contributed by atoms with Crippen molar-refractivity contribution in [1.82, 2.24) is 4.98 Å². The fourth-order valence-corrected chi connectivity index (χ4v) is 2.41. The Kier molecular flexibility index (Phi) is 2.95. The molecule has 0 radical (unpaired) electrons. The maximum absolute atomic E-state index is 13.1. The highest BCUT2D eigenvalue weighted by molar-refractivity contribution is 14.1. The molecule has 0 saturated carbocycles. The Morgan fingerprint density at radius 3 is 2.86 bits per heavy atom. The number of aromatic nitrogens is 1. The Hall–Kier alpha value is 0.0600. The fraction of sp³-hybridized carbons (Fsp3) is 0. The monoisotopic (exact) mass is 385 g/mol. The lowest BCUT2D eigenvalue weighted by atomic mass is 10.2. The van der Waals surface area contributed by atoms with Gasteiger partial charge in [0.25, 0.3) is 0 Å². The molecule has 0 amide bonds. The number of hydrogen-bond acceptors (Lipinski definition) is 1. The van der Waals surface area contributed by atoms with Crippen LogP contribution in [0.3, 0.4) is 0 Å². The summed E-state index contributed by atoms with van der Waals surface area (Å²) in [4.78, 5) is 4.18. The van der Waals surface area contributed by atoms with E-state index in [2.05, 4.69) is 20.9 Å². The average Bonchev–Trinajstić information content (AvgIpc) is 2.12. The van der Waals surface area contributed by atoms with Crippen molar-refractivity contribution in [1.29, 1.82) is 0 Å². The number of halogens is 4. The molecule has 0 bridgehead atoms. The summed E-state index contributed by atoms with van der Waals surface area (Å²) in [6, 6.07) is 2.82. The molecule has 2 rings (SSSR count). The van der Waals surface area contributed by atoms with Crippen LogP contribution in [0, 0.1) is 9.39 Å². The van der Waals surface area contributed by atoms with Crippen LogP contribution in [0.4, 0.5) is 4.39 Å². The minimum Gasteiger partial charge on any atom is -0.254 e. The Morgan fingerprint density at radius 2 is 2.14 bits per heavy atom. The van der Waals surface area contributed by atoms with Crippen LogP contribution in [-0.4, -0.2) is 4.98 Å². The molecule has 14 heavy (non-hydrogen) atoms. The highest BCUT2D eigenvalue weighted by Crippen LogP contribution is 2.31. The Labute approximate surface area is 107 Å². The molecule has 1 aromatic carbocycles. The van der Waals surface area contributed by atoms with Crippen LogP contribution < -0.4 is 0 Å². The number of pyridine rings is 1. The van der Waals surface area contributed by atoms with Crippen molar-refractivity contribution >= 4 is 61.0 Å². The van der Waals surface area contributed by atoms with Gasteiger partial charge in [-0.15, -0.1) is 0 Å². The van der Waals surface area contributed by atoms with E-state index >= 15 is 0 Å². The first-order valence-corrected chi connectivity index (χ1v) is 5.93. The Morgan fingerprint density at radius 1 is 1.43 bits per heavy atom. The largest absolute Gasteiger partial charge is 0.254 e. The van der Waals surface area contributed by atoms with Gasteiger partial charge in [-0.05, 0) is 50.7 Å². The van der Waals surface area contributed by atoms with Gasteiger partial charge in [-0.25, -0.2) is 4.39 Å². The first-order valence-electron chi connectivity index (χ1n) is 3.68. The molecular formula is C9H3BrClFIN. The first kappa shape index (κ1) is 10.6. The number of hydrogen-bond donors (Lipinski definition) is 0. The van der Waals surface area contributed by atoms with Crippen molar-refractivity contribution in [2.75, 3.05) is 0 Å². The number of nitrogens with zero attached hydrogens (tertiary/aromatic N) is 1. The molecule has 72 valence electrons. The molecule has 2 aromatic rings. The van der Waals surface area contributed by atoms with Gasteiger partial charge >= 0.3 is 0 Å². The number of benzene rings is 1. The summed E-state index contributed by atoms with van der Waals surface area (Å²) in [7, 11) is 0. The predicted octanol–water partition coefficient (Wildman–Crippen LogP) is 4.39. The van der Waals surface area contributed by atoms with Crippen LogP contribution in [0.1, 0.15) is 0 Å². The van der Waals surface area contributed by atoms with Crippen LogP contribution in [-0.2, 0) is 0 Å². The SMILES string of the molecule is Fc1cc(I)c2ncc(Br)c(Cl)c2c1. The smallest absolute Gasteiger partial charge is 0.125 e. The van der Waals surface area contributed by atoms with Gasteiger partial charge in [0.2, 0.25) is 0 Å². The van der Waals surface area contributed by atoms with E-state index in [1.807, 2.05) is 22.6 Å². The minimum atomic E-state index is -0.302. The van der Waals surface area contributed by atoms with Crippen molar-refractivity contribution in [3.63, 3.8) is 0 Å². The summed E-state index contributed by atoms with van der Waals surface area (Å²) in [5, 5.41) is 1.12. The topological polar surface area (TPSA) is 12.9 Å². The normalized spacial score (nSPS) is 10.9. The Bertz CT molecular complexity index is 518. The number of fused-ring (bicyclic) bond motifs is 1. The molecule has 0 N–H and O–H groups in total. The average molecular weight is 386 g/mol. The summed E-state index contributed by atoms with van der Waals surface area (Å²) in [6.07, 6.45) is 1.62. The van der Waals surface area contributed by atoms with Gasteiger partial charge in [0.1, 0.15) is 5.82 Å². The molecular weight excluding hydrogens is 383 g/mol. The molecule has 0 fully saturated rings. The molecule has 1 heterocycles. The zero-order chi connectivity index (χ0) is 10.3. The molecule has 0 aliphatic heterocycles. The van der Waals surface area contributed by atoms with E-state index in [9.17, 15) is 4.39 Å². The summed E-state index contributed by atoms with van der Waals surface area (Å²) in [6.45, 7) is 0. The van der Waals surface area contributed by atoms with Crippen LogP contribution in [0.25, 0.3) is 10.9 Å². The standard InChI is InChI=1S/C9H3BrClFIN/c10-6-3-14-9-5(8(6)11)1-4(12)2-7(9)13/h1-3H. The third kappa shape index (κ3) is 1.75. The number of rotatable bonds is 0. The van der Waals surface area contributed by atoms with E-state index in [1.165, 1.54) is 12.1 Å². The summed E-state index contributed by atoms with van der Waals surface area (Å²) >= 11 is 11.3. The minimum absolute atomic E-state index is 0.302. The highest BCUT2D eigenvalue weighted by Gasteiger charge is 2.08. The van der Waals surface area contributed by atoms with E-state index in [0.29, 0.717) is 14.9 Å². The van der Waals surface area contributed by atoms with E-state index in [1.54, 1.807) is 6.20 Å². The lowest BCUT2D eigenvalue weighted by Gasteiger charge is -2.03. The van der Waals surface area contributed by atoms with Crippen molar-refractivity contribution in [3.05, 3.63) is 37.2 Å². The van der Waals surface area contributed by atoms with Gasteiger partial charge in [0, 0.05) is 15.2 Å². The second-order valence-corrected chi connectivity index (χ2v) is 5.10. The van der Waals surface area contributed by atoms with Crippen molar-refractivity contribution in [2.45, 2.75) is 0 Å². The molecule has 0 aliphatic rings. The molecule has 1 nitrogen and oxygen atoms in total. The zero-order valence-electron chi connectivity index (χ0n) is 6.69. The van der Waals surface area contributed by atoms with Crippen molar-refractivity contribution in [2.24, 2.45) is 0 Å². The van der Waals surface area contributed by atoms with Crippen LogP contribution in [0.5, 0.6) is 0 Å². The van der Waals surface area contributed by atoms with Crippen LogP contribution in [0.15, 0.2) is 22.8 Å². The Balaban J connectivity index is 2.95. The molecule has 0 spiro atoms. The fourth-order valence-electron chi connectivity index (χ4n) is 1.17. The first-order chi connectivity index (χ1) is 6.59. The van der Waals surface area contributed by atoms with E-state index in [4.69, 9.17) is 11.6 Å². The summed E-state index contributed by atoms with van der Waals surface area (Å²) in [5.74, 6) is -0.302. The van der Waals surface area contributed by atoms with Crippen molar-refractivity contribution < 1.29 is 4.39 Å². The summed E-state index contributed by atoms with van der Waals surface area (Å²) in [5.41, 5.74) is 0.722. The van der Waals surface area contributed by atoms with E-state index in [-0.39, 0.29) is 5.82 Å². The third-order valence-electron chi connectivity index (χ3n) is 1.78. The maximum Gasteiger partial charge on any atom is 0.125 e. The van der Waals surface area contributed by atoms with E-state index < -0.39 is 0 Å². The van der Waals surface area contributed by atoms with Gasteiger partial charge in [0.05, 0.1) is 15.0 Å². The van der Waals surface area contributed by atoms with Gasteiger partial charge in [-0.1, -0.05) is 11.6 Å². The quantitative estimate of drug-likeness (QED) is 0.612. The van der Waals surface area contributed by atoms with Gasteiger partial charge in [0.15, 0.2) is 0 Å². The molecule has 0 aliphatic carbocycles. The molecule has 1 aromatic heterocycles. The molecule has 0 saturated heterocycles. The van der Waals surface area contributed by atoms with Crippen LogP contribution in [0.2, 0.25) is 5.02 Å². The lowest BCUT2D eigenvalue weighted by molar-refractivity contribution is 0.628. The maximum atomic E-state index is 13.1. The predicted molar refractivity (Wildman–Crippen MR) is 67.1 cm³/mol. The van der Waals surface area contributed by atoms with E-state index in [0.717, 1.165) is 9.09 Å². The van der Waals surface area contributed by atoms with Gasteiger partial charge in [-0.2, -0.15) is 0 Å².